The molecule has 2 atom stereocenters. The summed E-state index contributed by atoms with van der Waals surface area (Å²) >= 11 is 0. The molecule has 1 amide bonds. The van der Waals surface area contributed by atoms with Gasteiger partial charge in [0, 0.05) is 34.1 Å². The van der Waals surface area contributed by atoms with Crippen LogP contribution in [0.1, 0.15) is 13.3 Å². The van der Waals surface area contributed by atoms with Gasteiger partial charge in [0.05, 0.1) is 0 Å². The Hall–Kier alpha value is -0.910. The topological polar surface area (TPSA) is 56.8 Å². The summed E-state index contributed by atoms with van der Waals surface area (Å²) in [4.78, 5) is 10.7. The van der Waals surface area contributed by atoms with Crippen molar-refractivity contribution in [2.24, 2.45) is 0 Å². The average Bonchev–Trinajstić information content (AvgIpc) is 2.62. The van der Waals surface area contributed by atoms with Crippen LogP contribution in [0.15, 0.2) is 12.2 Å². The lowest BCUT2D eigenvalue weighted by molar-refractivity contribution is -0.244. The second-order valence-electron chi connectivity index (χ2n) is 3.33. The highest BCUT2D eigenvalue weighted by atomic mass is 16.8. The molecule has 0 unspecified atom stereocenters. The Morgan fingerprint density at radius 2 is 2.33 bits per heavy atom. The van der Waals surface area contributed by atoms with Crippen molar-refractivity contribution in [3.8, 4) is 0 Å². The first kappa shape index (κ1) is 12.2. The van der Waals surface area contributed by atoms with E-state index in [9.17, 15) is 4.79 Å². The zero-order valence-corrected chi connectivity index (χ0v) is 9.28. The lowest BCUT2D eigenvalue weighted by Gasteiger charge is -2.26. The Balaban J connectivity index is 2.42. The first-order valence-electron chi connectivity index (χ1n) is 4.81. The quantitative estimate of drug-likeness (QED) is 0.675. The first-order valence-corrected chi connectivity index (χ1v) is 4.81. The molecule has 1 aliphatic heterocycles. The van der Waals surface area contributed by atoms with Gasteiger partial charge in [-0.15, -0.1) is 0 Å². The zero-order chi connectivity index (χ0) is 11.3. The van der Waals surface area contributed by atoms with E-state index in [-0.39, 0.29) is 12.2 Å². The molecule has 15 heavy (non-hydrogen) atoms. The van der Waals surface area contributed by atoms with E-state index in [2.05, 4.69) is 5.32 Å². The number of carbonyl (C=O) groups is 1. The van der Waals surface area contributed by atoms with E-state index >= 15 is 0 Å². The first-order chi connectivity index (χ1) is 7.12. The van der Waals surface area contributed by atoms with Gasteiger partial charge in [-0.2, -0.15) is 0 Å². The van der Waals surface area contributed by atoms with Crippen molar-refractivity contribution in [1.29, 1.82) is 0 Å². The van der Waals surface area contributed by atoms with E-state index in [0.717, 1.165) is 0 Å². The van der Waals surface area contributed by atoms with E-state index in [0.29, 0.717) is 13.0 Å². The highest BCUT2D eigenvalue weighted by Gasteiger charge is 2.35. The summed E-state index contributed by atoms with van der Waals surface area (Å²) in [5, 5.41) is 2.69. The van der Waals surface area contributed by atoms with Crippen LogP contribution in [0.3, 0.4) is 0 Å². The monoisotopic (exact) mass is 215 g/mol. The van der Waals surface area contributed by atoms with Gasteiger partial charge in [-0.25, -0.2) is 0 Å². The second kappa shape index (κ2) is 5.25. The molecule has 0 aromatic rings. The third-order valence-electron chi connectivity index (χ3n) is 2.25. The van der Waals surface area contributed by atoms with Crippen LogP contribution in [0.4, 0.5) is 0 Å². The number of carbonyl (C=O) groups excluding carboxylic acids is 1. The summed E-state index contributed by atoms with van der Waals surface area (Å²) in [7, 11) is 3.13. The van der Waals surface area contributed by atoms with Crippen molar-refractivity contribution < 1.29 is 19.0 Å². The molecule has 0 bridgehead atoms. The van der Waals surface area contributed by atoms with Crippen molar-refractivity contribution in [3.63, 3.8) is 0 Å². The lowest BCUT2D eigenvalue weighted by Crippen LogP contribution is -2.36. The molecular formula is C10H17NO4. The Kier molecular flexibility index (Phi) is 4.26. The second-order valence-corrected chi connectivity index (χ2v) is 3.33. The molecule has 0 radical (unpaired) electrons. The molecule has 1 N–H and O–H groups in total. The van der Waals surface area contributed by atoms with E-state index in [1.807, 2.05) is 6.08 Å². The maximum atomic E-state index is 10.7. The predicted molar refractivity (Wildman–Crippen MR) is 54.1 cm³/mol. The molecule has 0 fully saturated rings. The molecule has 0 aliphatic carbocycles. The standard InChI is InChI=1S/C10H17NO4/c1-8(12)11-7-6-10(14-3)5-4-9(13-2)15-10/h4-5,9H,6-7H2,1-3H3,(H,11,12)/t9-,10-/m1/s1. The Morgan fingerprint density at radius 1 is 1.60 bits per heavy atom. The van der Waals surface area contributed by atoms with Crippen LogP contribution in [0.2, 0.25) is 0 Å². The fraction of sp³-hybridized carbons (Fsp3) is 0.700. The molecule has 0 saturated carbocycles. The average molecular weight is 215 g/mol. The van der Waals surface area contributed by atoms with E-state index in [4.69, 9.17) is 14.2 Å². The highest BCUT2D eigenvalue weighted by Crippen LogP contribution is 2.27. The summed E-state index contributed by atoms with van der Waals surface area (Å²) in [6.45, 7) is 1.98. The van der Waals surface area contributed by atoms with Crippen molar-refractivity contribution in [2.75, 3.05) is 20.8 Å². The van der Waals surface area contributed by atoms with Crippen LogP contribution in [0.25, 0.3) is 0 Å². The van der Waals surface area contributed by atoms with E-state index < -0.39 is 5.79 Å². The van der Waals surface area contributed by atoms with Gasteiger partial charge in [0.15, 0.2) is 12.1 Å². The summed E-state index contributed by atoms with van der Waals surface area (Å²) in [6.07, 6.45) is 3.78. The third-order valence-corrected chi connectivity index (χ3v) is 2.25. The SMILES string of the molecule is CO[C@H]1C=C[C@@](CCNC(C)=O)(OC)O1. The Labute approximate surface area is 89.4 Å². The van der Waals surface area contributed by atoms with Gasteiger partial charge in [-0.05, 0) is 12.2 Å². The van der Waals surface area contributed by atoms with Crippen LogP contribution in [-0.4, -0.2) is 38.7 Å². The summed E-state index contributed by atoms with van der Waals surface area (Å²) in [6, 6.07) is 0. The highest BCUT2D eigenvalue weighted by molar-refractivity contribution is 5.72. The number of nitrogens with one attached hydrogen (secondary N) is 1. The summed E-state index contributed by atoms with van der Waals surface area (Å²) < 4.78 is 15.8. The van der Waals surface area contributed by atoms with Gasteiger partial charge in [-0.1, -0.05) is 0 Å². The molecule has 1 heterocycles. The van der Waals surface area contributed by atoms with Gasteiger partial charge in [0.2, 0.25) is 5.91 Å². The molecule has 1 aliphatic rings. The number of hydrogen-bond donors (Lipinski definition) is 1. The van der Waals surface area contributed by atoms with Gasteiger partial charge in [0.1, 0.15) is 0 Å². The third kappa shape index (κ3) is 3.30. The molecule has 5 heteroatoms. The van der Waals surface area contributed by atoms with Crippen molar-refractivity contribution in [2.45, 2.75) is 25.4 Å². The van der Waals surface area contributed by atoms with Crippen LogP contribution >= 0.6 is 0 Å². The molecule has 0 aromatic carbocycles. The maximum absolute atomic E-state index is 10.7. The molecule has 0 spiro atoms. The minimum atomic E-state index is -0.775. The predicted octanol–water partition coefficient (Wildman–Crippen LogP) is 0.414. The largest absolute Gasteiger partial charge is 0.356 e. The number of ether oxygens (including phenoxy) is 3. The molecule has 1 rings (SSSR count). The van der Waals surface area contributed by atoms with E-state index in [1.54, 1.807) is 20.3 Å². The minimum absolute atomic E-state index is 0.0634. The fourth-order valence-electron chi connectivity index (χ4n) is 1.40. The van der Waals surface area contributed by atoms with Gasteiger partial charge < -0.3 is 19.5 Å². The minimum Gasteiger partial charge on any atom is -0.356 e. The van der Waals surface area contributed by atoms with Crippen LogP contribution in [-0.2, 0) is 19.0 Å². The molecular weight excluding hydrogens is 198 g/mol. The number of methoxy groups -OCH3 is 2. The summed E-state index contributed by atoms with van der Waals surface area (Å²) in [5.41, 5.74) is 0. The van der Waals surface area contributed by atoms with Crippen molar-refractivity contribution >= 4 is 5.91 Å². The lowest BCUT2D eigenvalue weighted by atomic mass is 10.2. The number of rotatable bonds is 5. The Bertz CT molecular complexity index is 254. The molecule has 5 nitrogen and oxygen atoms in total. The van der Waals surface area contributed by atoms with Crippen LogP contribution < -0.4 is 5.32 Å². The van der Waals surface area contributed by atoms with Gasteiger partial charge >= 0.3 is 0 Å². The summed E-state index contributed by atoms with van der Waals surface area (Å²) in [5.74, 6) is -0.838. The van der Waals surface area contributed by atoms with Crippen LogP contribution in [0, 0.1) is 0 Å². The van der Waals surface area contributed by atoms with Gasteiger partial charge in [0.25, 0.3) is 0 Å². The van der Waals surface area contributed by atoms with E-state index in [1.165, 1.54) is 6.92 Å². The number of amides is 1. The van der Waals surface area contributed by atoms with Crippen molar-refractivity contribution in [1.82, 2.24) is 5.32 Å². The van der Waals surface area contributed by atoms with Crippen LogP contribution in [0.5, 0.6) is 0 Å². The number of hydrogen-bond acceptors (Lipinski definition) is 4. The molecule has 86 valence electrons. The van der Waals surface area contributed by atoms with Crippen molar-refractivity contribution in [3.05, 3.63) is 12.2 Å². The fourth-order valence-corrected chi connectivity index (χ4v) is 1.40. The van der Waals surface area contributed by atoms with Gasteiger partial charge in [-0.3, -0.25) is 4.79 Å². The molecule has 0 saturated heterocycles. The maximum Gasteiger partial charge on any atom is 0.216 e. The normalized spacial score (nSPS) is 29.4. The molecule has 0 aromatic heterocycles. The zero-order valence-electron chi connectivity index (χ0n) is 9.28. The smallest absolute Gasteiger partial charge is 0.216 e. The Morgan fingerprint density at radius 3 is 2.80 bits per heavy atom.